The summed E-state index contributed by atoms with van der Waals surface area (Å²) in [5, 5.41) is 4.12. The number of benzene rings is 1. The minimum absolute atomic E-state index is 0.166. The van der Waals surface area contributed by atoms with E-state index in [0.29, 0.717) is 18.5 Å². The molecule has 2 aromatic rings. The molecule has 0 radical (unpaired) electrons. The fraction of sp³-hybridized carbons (Fsp3) is 0.579. The maximum Gasteiger partial charge on any atom is 0.229 e. The lowest BCUT2D eigenvalue weighted by atomic mass is 10.1. The topological polar surface area (TPSA) is 45.4 Å². The quantitative estimate of drug-likeness (QED) is 0.804. The van der Waals surface area contributed by atoms with Crippen LogP contribution in [0.4, 0.5) is 4.39 Å². The number of nitrogens with zero attached hydrogens (tertiary/aromatic N) is 4. The summed E-state index contributed by atoms with van der Waals surface area (Å²) in [6.07, 6.45) is 3.45. The van der Waals surface area contributed by atoms with E-state index in [1.165, 1.54) is 18.9 Å². The van der Waals surface area contributed by atoms with E-state index in [9.17, 15) is 4.39 Å². The number of hydrogen-bond acceptors (Lipinski definition) is 5. The van der Waals surface area contributed by atoms with Gasteiger partial charge in [0.2, 0.25) is 5.89 Å². The smallest absolute Gasteiger partial charge is 0.229 e. The maximum atomic E-state index is 13.5. The molecule has 0 bridgehead atoms. The van der Waals surface area contributed by atoms with Crippen LogP contribution in [0.25, 0.3) is 0 Å². The third-order valence-corrected chi connectivity index (χ3v) is 5.50. The minimum atomic E-state index is -0.166. The first kappa shape index (κ1) is 16.7. The van der Waals surface area contributed by atoms with Crippen LogP contribution in [0, 0.1) is 5.82 Å². The molecule has 2 aliphatic rings. The van der Waals surface area contributed by atoms with E-state index >= 15 is 0 Å². The van der Waals surface area contributed by atoms with E-state index in [1.807, 2.05) is 6.07 Å². The second-order valence-corrected chi connectivity index (χ2v) is 7.41. The molecule has 4 rings (SSSR count). The molecule has 5 nitrogen and oxygen atoms in total. The molecule has 1 saturated heterocycles. The van der Waals surface area contributed by atoms with Crippen molar-refractivity contribution < 1.29 is 8.91 Å². The highest BCUT2D eigenvalue weighted by Crippen LogP contribution is 2.38. The Hall–Kier alpha value is -1.79. The largest absolute Gasteiger partial charge is 0.339 e. The van der Waals surface area contributed by atoms with Crippen LogP contribution in [0.3, 0.4) is 0 Å². The molecule has 6 heteroatoms. The predicted octanol–water partition coefficient (Wildman–Crippen LogP) is 3.35. The van der Waals surface area contributed by atoms with Crippen molar-refractivity contribution in [2.45, 2.75) is 50.7 Å². The highest BCUT2D eigenvalue weighted by Gasteiger charge is 2.32. The molecule has 2 unspecified atom stereocenters. The zero-order valence-electron chi connectivity index (χ0n) is 14.9. The standard InChI is InChI=1S/C19H25FN4O/c1-13(15-4-3-5-16(20)10-15)24-9-8-17(11-24)23(2)12-18-21-19(25-22-18)14-6-7-14/h3-5,10,13-14,17H,6-9,11-12H2,1-2H3. The van der Waals surface area contributed by atoms with Crippen LogP contribution >= 0.6 is 0 Å². The van der Waals surface area contributed by atoms with Crippen LogP contribution in [-0.2, 0) is 6.54 Å². The van der Waals surface area contributed by atoms with Gasteiger partial charge in [0.25, 0.3) is 0 Å². The van der Waals surface area contributed by atoms with Crippen LogP contribution in [0.2, 0.25) is 0 Å². The molecule has 0 N–H and O–H groups in total. The Kier molecular flexibility index (Phi) is 4.56. The summed E-state index contributed by atoms with van der Waals surface area (Å²) >= 11 is 0. The molecule has 0 spiro atoms. The highest BCUT2D eigenvalue weighted by molar-refractivity contribution is 5.20. The molecule has 1 aromatic heterocycles. The fourth-order valence-corrected chi connectivity index (χ4v) is 3.64. The average molecular weight is 344 g/mol. The summed E-state index contributed by atoms with van der Waals surface area (Å²) in [6, 6.07) is 7.61. The monoisotopic (exact) mass is 344 g/mol. The summed E-state index contributed by atoms with van der Waals surface area (Å²) < 4.78 is 18.8. The fourth-order valence-electron chi connectivity index (χ4n) is 3.64. The Bertz CT molecular complexity index is 730. The predicted molar refractivity (Wildman–Crippen MR) is 92.5 cm³/mol. The van der Waals surface area contributed by atoms with Crippen molar-refractivity contribution in [2.75, 3.05) is 20.1 Å². The van der Waals surface area contributed by atoms with Crippen LogP contribution in [0.5, 0.6) is 0 Å². The Labute approximate surface area is 147 Å². The molecule has 2 atom stereocenters. The minimum Gasteiger partial charge on any atom is -0.339 e. The van der Waals surface area contributed by atoms with Gasteiger partial charge in [-0.25, -0.2) is 4.39 Å². The molecule has 1 aliphatic heterocycles. The number of halogens is 1. The van der Waals surface area contributed by atoms with E-state index in [0.717, 1.165) is 36.8 Å². The van der Waals surface area contributed by atoms with Gasteiger partial charge >= 0.3 is 0 Å². The molecule has 25 heavy (non-hydrogen) atoms. The number of rotatable bonds is 6. The van der Waals surface area contributed by atoms with Gasteiger partial charge in [0, 0.05) is 31.1 Å². The van der Waals surface area contributed by atoms with Gasteiger partial charge in [0.15, 0.2) is 5.82 Å². The maximum absolute atomic E-state index is 13.5. The number of likely N-dealkylation sites (tertiary alicyclic amines) is 1. The number of hydrogen-bond donors (Lipinski definition) is 0. The Morgan fingerprint density at radius 1 is 1.36 bits per heavy atom. The van der Waals surface area contributed by atoms with Gasteiger partial charge in [0.1, 0.15) is 5.82 Å². The zero-order valence-corrected chi connectivity index (χ0v) is 14.9. The molecular formula is C19H25FN4O. The van der Waals surface area contributed by atoms with E-state index in [-0.39, 0.29) is 11.9 Å². The van der Waals surface area contributed by atoms with Gasteiger partial charge < -0.3 is 4.52 Å². The average Bonchev–Trinajstić information content (AvgIpc) is 3.15. The van der Waals surface area contributed by atoms with Crippen molar-refractivity contribution in [1.29, 1.82) is 0 Å². The van der Waals surface area contributed by atoms with Gasteiger partial charge in [-0.2, -0.15) is 4.98 Å². The van der Waals surface area contributed by atoms with Crippen molar-refractivity contribution >= 4 is 0 Å². The first-order chi connectivity index (χ1) is 12.1. The molecule has 1 aliphatic carbocycles. The third kappa shape index (κ3) is 3.75. The number of likely N-dealkylation sites (N-methyl/N-ethyl adjacent to an activating group) is 1. The first-order valence-corrected chi connectivity index (χ1v) is 9.12. The second-order valence-electron chi connectivity index (χ2n) is 7.41. The molecular weight excluding hydrogens is 319 g/mol. The Morgan fingerprint density at radius 3 is 2.96 bits per heavy atom. The van der Waals surface area contributed by atoms with Crippen molar-refractivity contribution in [3.8, 4) is 0 Å². The highest BCUT2D eigenvalue weighted by atomic mass is 19.1. The van der Waals surface area contributed by atoms with Crippen LogP contribution in [-0.4, -0.2) is 46.1 Å². The zero-order chi connectivity index (χ0) is 17.4. The van der Waals surface area contributed by atoms with Gasteiger partial charge in [-0.1, -0.05) is 17.3 Å². The van der Waals surface area contributed by atoms with E-state index in [1.54, 1.807) is 12.1 Å². The van der Waals surface area contributed by atoms with Crippen LogP contribution in [0.15, 0.2) is 28.8 Å². The van der Waals surface area contributed by atoms with E-state index < -0.39 is 0 Å². The van der Waals surface area contributed by atoms with Gasteiger partial charge in [-0.05, 0) is 50.9 Å². The molecule has 1 saturated carbocycles. The van der Waals surface area contributed by atoms with Crippen molar-refractivity contribution in [3.63, 3.8) is 0 Å². The van der Waals surface area contributed by atoms with Crippen molar-refractivity contribution in [2.24, 2.45) is 0 Å². The summed E-state index contributed by atoms with van der Waals surface area (Å²) in [4.78, 5) is 9.24. The summed E-state index contributed by atoms with van der Waals surface area (Å²) in [6.45, 7) is 4.86. The van der Waals surface area contributed by atoms with E-state index in [2.05, 4.69) is 33.9 Å². The first-order valence-electron chi connectivity index (χ1n) is 9.12. The van der Waals surface area contributed by atoms with Crippen molar-refractivity contribution in [3.05, 3.63) is 47.4 Å². The summed E-state index contributed by atoms with van der Waals surface area (Å²) in [7, 11) is 2.12. The molecule has 0 amide bonds. The summed E-state index contributed by atoms with van der Waals surface area (Å²) in [5.41, 5.74) is 1.04. The lowest BCUT2D eigenvalue weighted by Gasteiger charge is -2.27. The SMILES string of the molecule is CC(c1cccc(F)c1)N1CCC(N(C)Cc2noc(C3CC3)n2)C1. The normalized spacial score (nSPS) is 22.6. The number of aromatic nitrogens is 2. The second kappa shape index (κ2) is 6.84. The molecule has 1 aromatic carbocycles. The van der Waals surface area contributed by atoms with Crippen LogP contribution in [0.1, 0.15) is 55.4 Å². The lowest BCUT2D eigenvalue weighted by molar-refractivity contribution is 0.198. The van der Waals surface area contributed by atoms with Gasteiger partial charge in [0.05, 0.1) is 6.54 Å². The van der Waals surface area contributed by atoms with E-state index in [4.69, 9.17) is 4.52 Å². The Balaban J connectivity index is 1.34. The molecule has 2 heterocycles. The molecule has 2 fully saturated rings. The summed E-state index contributed by atoms with van der Waals surface area (Å²) in [5.74, 6) is 1.92. The van der Waals surface area contributed by atoms with Crippen LogP contribution < -0.4 is 0 Å². The van der Waals surface area contributed by atoms with Gasteiger partial charge in [-0.3, -0.25) is 9.80 Å². The Morgan fingerprint density at radius 2 is 2.20 bits per heavy atom. The van der Waals surface area contributed by atoms with Gasteiger partial charge in [-0.15, -0.1) is 0 Å². The third-order valence-electron chi connectivity index (χ3n) is 5.50. The lowest BCUT2D eigenvalue weighted by Crippen LogP contribution is -2.35. The van der Waals surface area contributed by atoms with Crippen molar-refractivity contribution in [1.82, 2.24) is 19.9 Å². The molecule has 134 valence electrons.